The minimum Gasteiger partial charge on any atom is -0.382 e. The molecule has 0 aliphatic carbocycles. The van der Waals surface area contributed by atoms with Gasteiger partial charge in [-0.1, -0.05) is 23.2 Å². The van der Waals surface area contributed by atoms with Crippen LogP contribution in [0.5, 0.6) is 0 Å². The third-order valence-corrected chi connectivity index (χ3v) is 4.37. The van der Waals surface area contributed by atoms with Gasteiger partial charge in [0.05, 0.1) is 10.0 Å². The summed E-state index contributed by atoms with van der Waals surface area (Å²) in [6, 6.07) is 1.72. The molecule has 1 rings (SSSR count). The van der Waals surface area contributed by atoms with Gasteiger partial charge in [0.2, 0.25) is 10.0 Å². The van der Waals surface area contributed by atoms with Gasteiger partial charge < -0.3 is 5.11 Å². The summed E-state index contributed by atoms with van der Waals surface area (Å²) in [5, 5.41) is 7.39. The Kier molecular flexibility index (Phi) is 5.25. The van der Waals surface area contributed by atoms with Crippen molar-refractivity contribution >= 4 is 33.2 Å². The first kappa shape index (κ1) is 17.4. The average molecular weight is 356 g/mol. The Hall–Kier alpha value is -0.610. The number of aliphatic hydroxyl groups excluding tert-OH is 1. The lowest BCUT2D eigenvalue weighted by Crippen LogP contribution is -2.40. The van der Waals surface area contributed by atoms with E-state index in [9.17, 15) is 26.0 Å². The zero-order valence-corrected chi connectivity index (χ0v) is 11.7. The maximum Gasteiger partial charge on any atom is 0.415 e. The van der Waals surface area contributed by atoms with E-state index in [1.165, 1.54) is 4.72 Å². The van der Waals surface area contributed by atoms with Crippen LogP contribution in [0.25, 0.3) is 0 Å². The second kappa shape index (κ2) is 6.02. The molecule has 0 radical (unpaired) electrons. The first-order valence-electron chi connectivity index (χ1n) is 4.84. The fraction of sp³-hybridized carbons (Fsp3) is 0.333. The van der Waals surface area contributed by atoms with Crippen molar-refractivity contribution in [2.24, 2.45) is 0 Å². The molecule has 0 heterocycles. The van der Waals surface area contributed by atoms with Crippen molar-refractivity contribution in [3.63, 3.8) is 0 Å². The van der Waals surface area contributed by atoms with Crippen molar-refractivity contribution in [2.75, 3.05) is 6.54 Å². The number of sulfonamides is 1. The third kappa shape index (κ3) is 3.95. The van der Waals surface area contributed by atoms with Crippen LogP contribution in [0.2, 0.25) is 10.0 Å². The molecule has 1 aromatic carbocycles. The van der Waals surface area contributed by atoms with Gasteiger partial charge in [0.15, 0.2) is 11.9 Å². The van der Waals surface area contributed by atoms with E-state index in [2.05, 4.69) is 0 Å². The van der Waals surface area contributed by atoms with Crippen LogP contribution in [-0.2, 0) is 10.0 Å². The fourth-order valence-corrected chi connectivity index (χ4v) is 2.88. The van der Waals surface area contributed by atoms with Crippen molar-refractivity contribution in [2.45, 2.75) is 17.2 Å². The molecule has 11 heteroatoms. The van der Waals surface area contributed by atoms with E-state index < -0.39 is 49.6 Å². The zero-order chi connectivity index (χ0) is 15.7. The van der Waals surface area contributed by atoms with E-state index in [-0.39, 0.29) is 0 Å². The Morgan fingerprint density at radius 2 is 1.85 bits per heavy atom. The first-order valence-corrected chi connectivity index (χ1v) is 7.08. The predicted octanol–water partition coefficient (Wildman–Crippen LogP) is 2.33. The normalized spacial score (nSPS) is 14.3. The number of hydrogen-bond acceptors (Lipinski definition) is 3. The van der Waals surface area contributed by atoms with Gasteiger partial charge in [0.1, 0.15) is 4.90 Å². The SMILES string of the molecule is O=S(=O)(NCC(O)C(F)(F)F)c1ccc(Cl)c(F)c1Cl. The van der Waals surface area contributed by atoms with Crippen LogP contribution in [0.1, 0.15) is 0 Å². The fourth-order valence-electron chi connectivity index (χ4n) is 1.10. The summed E-state index contributed by atoms with van der Waals surface area (Å²) in [4.78, 5) is -0.782. The van der Waals surface area contributed by atoms with Gasteiger partial charge >= 0.3 is 6.18 Å². The quantitative estimate of drug-likeness (QED) is 0.643. The lowest BCUT2D eigenvalue weighted by atomic mass is 10.3. The molecule has 1 unspecified atom stereocenters. The Labute approximate surface area is 121 Å². The van der Waals surface area contributed by atoms with Crippen LogP contribution in [0.3, 0.4) is 0 Å². The third-order valence-electron chi connectivity index (χ3n) is 2.13. The highest BCUT2D eigenvalue weighted by atomic mass is 35.5. The van der Waals surface area contributed by atoms with E-state index in [4.69, 9.17) is 28.3 Å². The molecular formula is C9H7Cl2F4NO3S. The maximum absolute atomic E-state index is 13.3. The monoisotopic (exact) mass is 355 g/mol. The van der Waals surface area contributed by atoms with Gasteiger partial charge in [-0.05, 0) is 12.1 Å². The molecule has 0 aliphatic rings. The minimum absolute atomic E-state index is 0.440. The van der Waals surface area contributed by atoms with Gasteiger partial charge in [0, 0.05) is 6.54 Å². The summed E-state index contributed by atoms with van der Waals surface area (Å²) >= 11 is 10.8. The molecule has 1 aromatic rings. The lowest BCUT2D eigenvalue weighted by Gasteiger charge is -2.15. The maximum atomic E-state index is 13.3. The Bertz CT molecular complexity index is 606. The number of benzene rings is 1. The van der Waals surface area contributed by atoms with Crippen molar-refractivity contribution in [3.05, 3.63) is 28.0 Å². The Morgan fingerprint density at radius 1 is 1.30 bits per heavy atom. The van der Waals surface area contributed by atoms with E-state index >= 15 is 0 Å². The summed E-state index contributed by atoms with van der Waals surface area (Å²) < 4.78 is 74.2. The highest BCUT2D eigenvalue weighted by Gasteiger charge is 2.39. The minimum atomic E-state index is -4.99. The van der Waals surface area contributed by atoms with Crippen LogP contribution in [0.4, 0.5) is 17.6 Å². The molecule has 20 heavy (non-hydrogen) atoms. The van der Waals surface area contributed by atoms with Gasteiger partial charge in [-0.15, -0.1) is 0 Å². The van der Waals surface area contributed by atoms with Crippen LogP contribution < -0.4 is 4.72 Å². The van der Waals surface area contributed by atoms with Crippen LogP contribution in [0, 0.1) is 5.82 Å². The molecule has 1 atom stereocenters. The summed E-state index contributed by atoms with van der Waals surface area (Å²) in [5.41, 5.74) is 0. The molecule has 0 aromatic heterocycles. The molecule has 4 nitrogen and oxygen atoms in total. The molecule has 0 fully saturated rings. The topological polar surface area (TPSA) is 66.4 Å². The van der Waals surface area contributed by atoms with Crippen molar-refractivity contribution < 1.29 is 31.1 Å². The van der Waals surface area contributed by atoms with E-state index in [1.807, 2.05) is 0 Å². The molecule has 0 amide bonds. The highest BCUT2D eigenvalue weighted by Crippen LogP contribution is 2.29. The average Bonchev–Trinajstić information content (AvgIpc) is 2.31. The standard InChI is InChI=1S/C9H7Cl2F4NO3S/c10-4-1-2-5(7(11)8(4)12)20(18,19)16-3-6(17)9(13,14)15/h1-2,6,16-17H,3H2. The van der Waals surface area contributed by atoms with Gasteiger partial charge in [-0.25, -0.2) is 17.5 Å². The molecule has 2 N–H and O–H groups in total. The van der Waals surface area contributed by atoms with E-state index in [1.54, 1.807) is 0 Å². The van der Waals surface area contributed by atoms with Crippen LogP contribution in [-0.4, -0.2) is 32.3 Å². The number of hydrogen-bond donors (Lipinski definition) is 2. The summed E-state index contributed by atoms with van der Waals surface area (Å²) in [7, 11) is -4.53. The number of aliphatic hydroxyl groups is 1. The van der Waals surface area contributed by atoms with Crippen molar-refractivity contribution in [1.82, 2.24) is 4.72 Å². The summed E-state index contributed by atoms with van der Waals surface area (Å²) in [6.07, 6.45) is -7.88. The van der Waals surface area contributed by atoms with Crippen molar-refractivity contribution in [3.8, 4) is 0 Å². The molecule has 0 saturated carbocycles. The smallest absolute Gasteiger partial charge is 0.382 e. The zero-order valence-electron chi connectivity index (χ0n) is 9.38. The van der Waals surface area contributed by atoms with Gasteiger partial charge in [-0.2, -0.15) is 13.2 Å². The van der Waals surface area contributed by atoms with Crippen molar-refractivity contribution in [1.29, 1.82) is 0 Å². The first-order chi connectivity index (χ1) is 8.97. The lowest BCUT2D eigenvalue weighted by molar-refractivity contribution is -0.200. The summed E-state index contributed by atoms with van der Waals surface area (Å²) in [6.45, 7) is -1.33. The highest BCUT2D eigenvalue weighted by molar-refractivity contribution is 7.89. The molecular weight excluding hydrogens is 349 g/mol. The number of halogens is 6. The molecule has 114 valence electrons. The molecule has 0 saturated heterocycles. The molecule has 0 bridgehead atoms. The van der Waals surface area contributed by atoms with Crippen LogP contribution in [0.15, 0.2) is 17.0 Å². The second-order valence-corrected chi connectivity index (χ2v) is 6.10. The summed E-state index contributed by atoms with van der Waals surface area (Å²) in [5.74, 6) is -1.22. The predicted molar refractivity (Wildman–Crippen MR) is 63.7 cm³/mol. The number of alkyl halides is 3. The number of nitrogens with one attached hydrogen (secondary N) is 1. The van der Waals surface area contributed by atoms with E-state index in [0.29, 0.717) is 0 Å². The van der Waals surface area contributed by atoms with Gasteiger partial charge in [0.25, 0.3) is 0 Å². The second-order valence-electron chi connectivity index (χ2n) is 3.58. The molecule has 0 aliphatic heterocycles. The Balaban J connectivity index is 2.99. The van der Waals surface area contributed by atoms with Crippen LogP contribution >= 0.6 is 23.2 Å². The van der Waals surface area contributed by atoms with E-state index in [0.717, 1.165) is 12.1 Å². The largest absolute Gasteiger partial charge is 0.415 e. The van der Waals surface area contributed by atoms with Gasteiger partial charge in [-0.3, -0.25) is 0 Å². The Morgan fingerprint density at radius 3 is 2.35 bits per heavy atom. The number of rotatable bonds is 4. The molecule has 0 spiro atoms.